The lowest BCUT2D eigenvalue weighted by atomic mass is 10.1. The quantitative estimate of drug-likeness (QED) is 0.553. The van der Waals surface area contributed by atoms with E-state index in [4.69, 9.17) is 11.3 Å². The smallest absolute Gasteiger partial charge is 0.340 e. The van der Waals surface area contributed by atoms with Gasteiger partial charge in [0, 0.05) is 6.07 Å². The van der Waals surface area contributed by atoms with Crippen LogP contribution in [0.2, 0.25) is 0 Å². The second-order valence-corrected chi connectivity index (χ2v) is 2.61. The Labute approximate surface area is 86.0 Å². The van der Waals surface area contributed by atoms with Gasteiger partial charge in [0.05, 0.1) is 26.4 Å². The minimum Gasteiger partial charge on any atom is -0.496 e. The molecule has 0 atom stereocenters. The van der Waals surface area contributed by atoms with Crippen LogP contribution in [0.3, 0.4) is 0 Å². The van der Waals surface area contributed by atoms with Gasteiger partial charge in [-0.15, -0.1) is 0 Å². The molecule has 15 heavy (non-hydrogen) atoms. The molecule has 0 saturated heterocycles. The van der Waals surface area contributed by atoms with Crippen LogP contribution in [-0.4, -0.2) is 20.2 Å². The highest BCUT2D eigenvalue weighted by Crippen LogP contribution is 2.28. The van der Waals surface area contributed by atoms with Crippen molar-refractivity contribution in [1.29, 1.82) is 0 Å². The number of nitrogens with zero attached hydrogens (tertiary/aromatic N) is 1. The highest BCUT2D eigenvalue weighted by Gasteiger charge is 2.16. The Hall–Kier alpha value is -2.09. The van der Waals surface area contributed by atoms with Gasteiger partial charge in [-0.25, -0.2) is 14.0 Å². The maximum absolute atomic E-state index is 13.1. The molecule has 1 aromatic rings. The number of methoxy groups -OCH3 is 2. The van der Waals surface area contributed by atoms with E-state index >= 15 is 0 Å². The molecule has 0 aromatic heterocycles. The second-order valence-electron chi connectivity index (χ2n) is 2.61. The van der Waals surface area contributed by atoms with E-state index in [1.54, 1.807) is 0 Å². The number of carbonyl (C=O) groups is 1. The fraction of sp³-hybridized carbons (Fsp3) is 0.200. The summed E-state index contributed by atoms with van der Waals surface area (Å²) in [7, 11) is 2.50. The molecule has 0 aliphatic rings. The van der Waals surface area contributed by atoms with Crippen molar-refractivity contribution in [1.82, 2.24) is 0 Å². The average molecular weight is 209 g/mol. The van der Waals surface area contributed by atoms with E-state index in [0.29, 0.717) is 0 Å². The first kappa shape index (κ1) is 11.0. The van der Waals surface area contributed by atoms with Crippen molar-refractivity contribution < 1.29 is 18.7 Å². The Morgan fingerprint density at radius 1 is 1.47 bits per heavy atom. The molecule has 1 rings (SSSR count). The van der Waals surface area contributed by atoms with Crippen LogP contribution in [0.1, 0.15) is 10.4 Å². The minimum absolute atomic E-state index is 0.0346. The molecule has 0 unspecified atom stereocenters. The Bertz CT molecular complexity index is 437. The van der Waals surface area contributed by atoms with Crippen LogP contribution < -0.4 is 4.74 Å². The summed E-state index contributed by atoms with van der Waals surface area (Å²) in [4.78, 5) is 14.2. The molecule has 4 nitrogen and oxygen atoms in total. The molecule has 0 aliphatic heterocycles. The number of hydrogen-bond donors (Lipinski definition) is 0. The van der Waals surface area contributed by atoms with Crippen molar-refractivity contribution in [2.75, 3.05) is 14.2 Å². The Balaban J connectivity index is 3.36. The topological polar surface area (TPSA) is 39.9 Å². The highest BCUT2D eigenvalue weighted by atomic mass is 19.1. The summed E-state index contributed by atoms with van der Waals surface area (Å²) in [5, 5.41) is 0. The molecular weight excluding hydrogens is 201 g/mol. The lowest BCUT2D eigenvalue weighted by molar-refractivity contribution is 0.0597. The van der Waals surface area contributed by atoms with Crippen molar-refractivity contribution in [3.8, 4) is 5.75 Å². The molecule has 0 radical (unpaired) electrons. The summed E-state index contributed by atoms with van der Waals surface area (Å²) < 4.78 is 22.4. The standard InChI is InChI=1S/C10H8FNO3/c1-12-8-4-6(10(13)15-3)9(14-2)5-7(8)11/h4-5H,2-3H3. The summed E-state index contributed by atoms with van der Waals surface area (Å²) in [6.45, 7) is 6.70. The van der Waals surface area contributed by atoms with E-state index in [0.717, 1.165) is 12.1 Å². The lowest BCUT2D eigenvalue weighted by Gasteiger charge is -2.07. The normalized spacial score (nSPS) is 9.20. The van der Waals surface area contributed by atoms with E-state index in [-0.39, 0.29) is 17.0 Å². The summed E-state index contributed by atoms with van der Waals surface area (Å²) in [5.41, 5.74) is -0.205. The number of carbonyl (C=O) groups excluding carboxylic acids is 1. The molecule has 0 heterocycles. The van der Waals surface area contributed by atoms with Crippen molar-refractivity contribution in [3.63, 3.8) is 0 Å². The average Bonchev–Trinajstić information content (AvgIpc) is 2.27. The highest BCUT2D eigenvalue weighted by molar-refractivity contribution is 5.93. The van der Waals surface area contributed by atoms with Gasteiger partial charge in [0.25, 0.3) is 0 Å². The minimum atomic E-state index is -0.727. The zero-order valence-corrected chi connectivity index (χ0v) is 8.20. The van der Waals surface area contributed by atoms with Gasteiger partial charge < -0.3 is 9.47 Å². The zero-order chi connectivity index (χ0) is 11.4. The van der Waals surface area contributed by atoms with Gasteiger partial charge in [0.2, 0.25) is 5.69 Å². The fourth-order valence-electron chi connectivity index (χ4n) is 1.07. The summed E-state index contributed by atoms with van der Waals surface area (Å²) >= 11 is 0. The zero-order valence-electron chi connectivity index (χ0n) is 8.20. The third-order valence-electron chi connectivity index (χ3n) is 1.79. The first-order valence-corrected chi connectivity index (χ1v) is 3.97. The molecule has 5 heteroatoms. The van der Waals surface area contributed by atoms with Crippen LogP contribution in [0.4, 0.5) is 10.1 Å². The molecule has 0 spiro atoms. The number of hydrogen-bond acceptors (Lipinski definition) is 3. The molecular formula is C10H8FNO3. The van der Waals surface area contributed by atoms with Gasteiger partial charge in [0.1, 0.15) is 11.6 Å². The molecule has 0 amide bonds. The van der Waals surface area contributed by atoms with Crippen molar-refractivity contribution in [2.45, 2.75) is 0 Å². The number of esters is 1. The van der Waals surface area contributed by atoms with E-state index in [1.807, 2.05) is 0 Å². The predicted molar refractivity (Wildman–Crippen MR) is 50.6 cm³/mol. The summed E-state index contributed by atoms with van der Waals surface area (Å²) in [6.07, 6.45) is 0. The van der Waals surface area contributed by atoms with Crippen LogP contribution in [0.5, 0.6) is 5.75 Å². The third kappa shape index (κ3) is 2.05. The van der Waals surface area contributed by atoms with E-state index in [2.05, 4.69) is 9.58 Å². The molecule has 0 fully saturated rings. The van der Waals surface area contributed by atoms with Crippen LogP contribution >= 0.6 is 0 Å². The van der Waals surface area contributed by atoms with Crippen molar-refractivity contribution >= 4 is 11.7 Å². The van der Waals surface area contributed by atoms with Crippen LogP contribution in [0.15, 0.2) is 12.1 Å². The first-order chi connectivity index (χ1) is 7.13. The second kappa shape index (κ2) is 4.42. The lowest BCUT2D eigenvalue weighted by Crippen LogP contribution is -2.04. The Morgan fingerprint density at radius 2 is 2.13 bits per heavy atom. The molecule has 0 bridgehead atoms. The summed E-state index contributed by atoms with van der Waals surface area (Å²) in [5.74, 6) is -1.35. The maximum Gasteiger partial charge on any atom is 0.340 e. The molecule has 1 aromatic carbocycles. The van der Waals surface area contributed by atoms with Gasteiger partial charge in [-0.05, 0) is 6.07 Å². The van der Waals surface area contributed by atoms with E-state index in [9.17, 15) is 9.18 Å². The van der Waals surface area contributed by atoms with E-state index < -0.39 is 11.8 Å². The number of benzene rings is 1. The van der Waals surface area contributed by atoms with Gasteiger partial charge >= 0.3 is 5.97 Å². The largest absolute Gasteiger partial charge is 0.496 e. The van der Waals surface area contributed by atoms with Crippen LogP contribution in [0, 0.1) is 12.4 Å². The maximum atomic E-state index is 13.1. The Morgan fingerprint density at radius 3 is 2.60 bits per heavy atom. The summed E-state index contributed by atoms with van der Waals surface area (Å²) in [6, 6.07) is 2.09. The van der Waals surface area contributed by atoms with Crippen molar-refractivity contribution in [2.24, 2.45) is 0 Å². The number of rotatable bonds is 2. The van der Waals surface area contributed by atoms with Crippen LogP contribution in [-0.2, 0) is 4.74 Å². The Kier molecular flexibility index (Phi) is 3.24. The van der Waals surface area contributed by atoms with Gasteiger partial charge in [0.15, 0.2) is 0 Å². The van der Waals surface area contributed by atoms with Gasteiger partial charge in [-0.2, -0.15) is 0 Å². The van der Waals surface area contributed by atoms with Crippen LogP contribution in [0.25, 0.3) is 4.85 Å². The first-order valence-electron chi connectivity index (χ1n) is 3.97. The number of halogens is 1. The third-order valence-corrected chi connectivity index (χ3v) is 1.79. The molecule has 0 saturated carbocycles. The van der Waals surface area contributed by atoms with Gasteiger partial charge in [-0.3, -0.25) is 0 Å². The molecule has 0 aliphatic carbocycles. The fourth-order valence-corrected chi connectivity index (χ4v) is 1.07. The monoisotopic (exact) mass is 209 g/mol. The SMILES string of the molecule is [C-]#[N+]c1cc(C(=O)OC)c(OC)cc1F. The predicted octanol–water partition coefficient (Wildman–Crippen LogP) is 2.17. The van der Waals surface area contributed by atoms with Gasteiger partial charge in [-0.1, -0.05) is 0 Å². The molecule has 78 valence electrons. The van der Waals surface area contributed by atoms with E-state index in [1.165, 1.54) is 14.2 Å². The van der Waals surface area contributed by atoms with Crippen molar-refractivity contribution in [3.05, 3.63) is 34.9 Å². The molecule has 0 N–H and O–H groups in total. The number of ether oxygens (including phenoxy) is 2.